The van der Waals surface area contributed by atoms with Crippen LogP contribution in [0.5, 0.6) is 0 Å². The van der Waals surface area contributed by atoms with Gasteiger partial charge in [-0.2, -0.15) is 0 Å². The number of fused-ring (bicyclic) bond motifs is 6. The molecule has 6 aliphatic carbocycles. The summed E-state index contributed by atoms with van der Waals surface area (Å²) in [6.07, 6.45) is 19.1. The van der Waals surface area contributed by atoms with Crippen LogP contribution in [0.15, 0.2) is 0 Å². The van der Waals surface area contributed by atoms with Gasteiger partial charge in [0.05, 0.1) is 0 Å². The maximum atomic E-state index is 2.91. The molecular formula is C31H54Si. The highest BCUT2D eigenvalue weighted by molar-refractivity contribution is 6.61. The molecule has 0 aliphatic heterocycles. The van der Waals surface area contributed by atoms with Crippen molar-refractivity contribution in [2.24, 2.45) is 71.0 Å². The first kappa shape index (κ1) is 22.7. The van der Waals surface area contributed by atoms with Crippen LogP contribution in [0.4, 0.5) is 0 Å². The van der Waals surface area contributed by atoms with Gasteiger partial charge in [0.25, 0.3) is 0 Å². The Balaban J connectivity index is 1.19. The summed E-state index contributed by atoms with van der Waals surface area (Å²) in [7, 11) is -0.735. The van der Waals surface area contributed by atoms with Crippen molar-refractivity contribution >= 4 is 8.80 Å². The fourth-order valence-electron chi connectivity index (χ4n) is 12.5. The third-order valence-corrected chi connectivity index (χ3v) is 18.1. The van der Waals surface area contributed by atoms with E-state index in [4.69, 9.17) is 0 Å². The fraction of sp³-hybridized carbons (Fsp3) is 1.00. The molecule has 0 aromatic heterocycles. The highest BCUT2D eigenvalue weighted by Crippen LogP contribution is 2.65. The van der Waals surface area contributed by atoms with Crippen LogP contribution in [-0.4, -0.2) is 8.80 Å². The van der Waals surface area contributed by atoms with Gasteiger partial charge in [0.15, 0.2) is 0 Å². The lowest BCUT2D eigenvalue weighted by Crippen LogP contribution is -2.41. The molecule has 6 aliphatic rings. The van der Waals surface area contributed by atoms with Crippen LogP contribution in [0.2, 0.25) is 17.6 Å². The first-order valence-corrected chi connectivity index (χ1v) is 17.9. The van der Waals surface area contributed by atoms with E-state index >= 15 is 0 Å². The zero-order valence-electron chi connectivity index (χ0n) is 22.1. The van der Waals surface area contributed by atoms with E-state index in [1.807, 2.05) is 0 Å². The molecule has 0 nitrogen and oxygen atoms in total. The Kier molecular flexibility index (Phi) is 6.17. The Morgan fingerprint density at radius 3 is 1.28 bits per heavy atom. The smallest absolute Gasteiger partial charge is 0.0410 e. The van der Waals surface area contributed by atoms with E-state index in [1.54, 1.807) is 77.0 Å². The summed E-state index contributed by atoms with van der Waals surface area (Å²) in [6.45, 7) is 13.4. The van der Waals surface area contributed by atoms with Gasteiger partial charge in [-0.05, 0) is 146 Å². The standard InChI is InChI=1S/C31H54Si/c1-18-6-10-24-22(14-18)8-12-26-28(24)16-20(3)30(26)32(5)31-21(4)17-29-25-11-7-19(2)15-23(25)9-13-27(29)31/h18-32H,6-17H2,1-5H3. The molecule has 0 heterocycles. The Morgan fingerprint density at radius 1 is 0.438 bits per heavy atom. The minimum absolute atomic E-state index is 0.735. The van der Waals surface area contributed by atoms with Gasteiger partial charge in [-0.25, -0.2) is 0 Å². The predicted molar refractivity (Wildman–Crippen MR) is 140 cm³/mol. The predicted octanol–water partition coefficient (Wildman–Crippen LogP) is 8.82. The second-order valence-corrected chi connectivity index (χ2v) is 18.2. The summed E-state index contributed by atoms with van der Waals surface area (Å²) in [5, 5.41) is 0. The molecule has 14 atom stereocenters. The first-order chi connectivity index (χ1) is 15.4. The van der Waals surface area contributed by atoms with Gasteiger partial charge >= 0.3 is 0 Å². The normalized spacial score (nSPS) is 58.4. The van der Waals surface area contributed by atoms with Crippen molar-refractivity contribution in [3.8, 4) is 0 Å². The molecule has 0 aromatic carbocycles. The Hall–Kier alpha value is 0.217. The highest BCUT2D eigenvalue weighted by Gasteiger charge is 2.56. The van der Waals surface area contributed by atoms with Gasteiger partial charge in [-0.1, -0.05) is 47.1 Å². The number of rotatable bonds is 2. The van der Waals surface area contributed by atoms with Crippen LogP contribution in [0.3, 0.4) is 0 Å². The largest absolute Gasteiger partial charge is 0.0716 e. The second-order valence-electron chi connectivity index (χ2n) is 14.9. The van der Waals surface area contributed by atoms with Crippen LogP contribution in [0, 0.1) is 71.0 Å². The Morgan fingerprint density at radius 2 is 0.844 bits per heavy atom. The van der Waals surface area contributed by atoms with E-state index in [0.29, 0.717) is 0 Å². The minimum Gasteiger partial charge on any atom is -0.0716 e. The summed E-state index contributed by atoms with van der Waals surface area (Å²) >= 11 is 0. The van der Waals surface area contributed by atoms with Gasteiger partial charge in [0.1, 0.15) is 0 Å². The van der Waals surface area contributed by atoms with E-state index in [9.17, 15) is 0 Å². The molecule has 1 heteroatoms. The van der Waals surface area contributed by atoms with E-state index in [1.165, 1.54) is 11.1 Å². The van der Waals surface area contributed by atoms with Crippen LogP contribution in [-0.2, 0) is 0 Å². The Bertz CT molecular complexity index is 615. The topological polar surface area (TPSA) is 0 Å². The average Bonchev–Trinajstić information content (AvgIpc) is 3.28. The van der Waals surface area contributed by atoms with Gasteiger partial charge in [0.2, 0.25) is 0 Å². The molecule has 0 amide bonds. The quantitative estimate of drug-likeness (QED) is 0.365. The average molecular weight is 455 g/mol. The lowest BCUT2D eigenvalue weighted by Gasteiger charge is -2.49. The summed E-state index contributed by atoms with van der Waals surface area (Å²) in [6, 6.07) is 0. The van der Waals surface area contributed by atoms with Crippen LogP contribution in [0.25, 0.3) is 0 Å². The number of hydrogen-bond donors (Lipinski definition) is 0. The molecule has 14 unspecified atom stereocenters. The van der Waals surface area contributed by atoms with Gasteiger partial charge in [-0.3, -0.25) is 0 Å². The lowest BCUT2D eigenvalue weighted by molar-refractivity contribution is 0.0508. The third-order valence-electron chi connectivity index (χ3n) is 13.4. The zero-order chi connectivity index (χ0) is 22.1. The molecule has 0 N–H and O–H groups in total. The summed E-state index contributed by atoms with van der Waals surface area (Å²) in [5.74, 6) is 13.2. The summed E-state index contributed by atoms with van der Waals surface area (Å²) < 4.78 is 0. The zero-order valence-corrected chi connectivity index (χ0v) is 23.3. The van der Waals surface area contributed by atoms with Crippen molar-refractivity contribution in [1.82, 2.24) is 0 Å². The molecule has 0 radical (unpaired) electrons. The molecule has 0 spiro atoms. The molecule has 32 heavy (non-hydrogen) atoms. The molecular weight excluding hydrogens is 400 g/mol. The number of hydrogen-bond acceptors (Lipinski definition) is 0. The van der Waals surface area contributed by atoms with E-state index in [-0.39, 0.29) is 0 Å². The molecule has 0 saturated heterocycles. The fourth-order valence-corrected chi connectivity index (χ4v) is 17.9. The van der Waals surface area contributed by atoms with Crippen molar-refractivity contribution < 1.29 is 0 Å². The summed E-state index contributed by atoms with van der Waals surface area (Å²) in [5.41, 5.74) is 2.38. The summed E-state index contributed by atoms with van der Waals surface area (Å²) in [4.78, 5) is 0. The van der Waals surface area contributed by atoms with Crippen molar-refractivity contribution in [2.45, 2.75) is 122 Å². The van der Waals surface area contributed by atoms with E-state index in [0.717, 1.165) is 71.0 Å². The van der Waals surface area contributed by atoms with Crippen LogP contribution in [0.1, 0.15) is 105 Å². The van der Waals surface area contributed by atoms with Crippen molar-refractivity contribution in [3.05, 3.63) is 0 Å². The second kappa shape index (κ2) is 8.71. The molecule has 6 saturated carbocycles. The third kappa shape index (κ3) is 3.64. The minimum atomic E-state index is -0.735. The molecule has 0 bridgehead atoms. The molecule has 6 fully saturated rings. The lowest BCUT2D eigenvalue weighted by atomic mass is 9.61. The van der Waals surface area contributed by atoms with Gasteiger partial charge < -0.3 is 0 Å². The molecule has 0 aromatic rings. The van der Waals surface area contributed by atoms with Crippen LogP contribution >= 0.6 is 0 Å². The maximum absolute atomic E-state index is 2.91. The SMILES string of the molecule is CC1CCC2C(CCC3C2CC(C)C3[SiH](C)C2C(C)CC3C4CCC(C)CC4CCC32)C1. The molecule has 6 rings (SSSR count). The highest BCUT2D eigenvalue weighted by atomic mass is 28.3. The van der Waals surface area contributed by atoms with E-state index in [2.05, 4.69) is 34.2 Å². The maximum Gasteiger partial charge on any atom is 0.0410 e. The van der Waals surface area contributed by atoms with E-state index < -0.39 is 8.80 Å². The van der Waals surface area contributed by atoms with Crippen LogP contribution < -0.4 is 0 Å². The monoisotopic (exact) mass is 454 g/mol. The van der Waals surface area contributed by atoms with Gasteiger partial charge in [0, 0.05) is 8.80 Å². The van der Waals surface area contributed by atoms with Crippen molar-refractivity contribution in [1.29, 1.82) is 0 Å². The Labute approximate surface area is 202 Å². The first-order valence-electron chi connectivity index (χ1n) is 15.4. The van der Waals surface area contributed by atoms with Crippen molar-refractivity contribution in [2.75, 3.05) is 0 Å². The molecule has 182 valence electrons. The van der Waals surface area contributed by atoms with Gasteiger partial charge in [-0.15, -0.1) is 0 Å². The van der Waals surface area contributed by atoms with Crippen molar-refractivity contribution in [3.63, 3.8) is 0 Å².